The van der Waals surface area contributed by atoms with E-state index in [1.165, 1.54) is 10.9 Å². The third kappa shape index (κ3) is 3.49. The van der Waals surface area contributed by atoms with E-state index in [-0.39, 0.29) is 6.04 Å². The molecule has 0 saturated carbocycles. The summed E-state index contributed by atoms with van der Waals surface area (Å²) < 4.78 is 0. The van der Waals surface area contributed by atoms with E-state index in [9.17, 15) is 0 Å². The maximum Gasteiger partial charge on any atom is 0.0783 e. The number of aromatic amines is 1. The van der Waals surface area contributed by atoms with E-state index in [1.807, 2.05) is 31.5 Å². The van der Waals surface area contributed by atoms with Gasteiger partial charge in [-0.3, -0.25) is 4.98 Å². The second kappa shape index (κ2) is 7.12. The van der Waals surface area contributed by atoms with Gasteiger partial charge in [-0.2, -0.15) is 0 Å². The number of para-hydroxylation sites is 1. The lowest BCUT2D eigenvalue weighted by Crippen LogP contribution is -2.13. The second-order valence-corrected chi connectivity index (χ2v) is 6.95. The number of pyridine rings is 1. The molecule has 2 aromatic heterocycles. The zero-order chi connectivity index (χ0) is 18.8. The summed E-state index contributed by atoms with van der Waals surface area (Å²) in [5.41, 5.74) is 7.64. The minimum absolute atomic E-state index is 0.0703. The molecule has 0 aliphatic heterocycles. The first-order valence-electron chi connectivity index (χ1n) is 9.13. The third-order valence-corrected chi connectivity index (χ3v) is 4.88. The Morgan fingerprint density at radius 2 is 1.89 bits per heavy atom. The number of aryl methyl sites for hydroxylation is 2. The molecule has 2 heterocycles. The van der Waals surface area contributed by atoms with Crippen molar-refractivity contribution in [1.82, 2.24) is 9.97 Å². The molecule has 0 radical (unpaired) electrons. The fraction of sp³-hybridized carbons (Fsp3) is 0.125. The standard InChI is InChI=1S/C24H23N3/c1-16-7-6-8-20(13-16)27-24(19-12-11-17(2)25-14-19)18(3)22-15-26-23-10-5-4-9-21(22)23/h4-15,24,26-27H,3H2,1-2H3. The van der Waals surface area contributed by atoms with Crippen LogP contribution < -0.4 is 5.32 Å². The minimum Gasteiger partial charge on any atom is -0.374 e. The van der Waals surface area contributed by atoms with Crippen molar-refractivity contribution in [2.45, 2.75) is 19.9 Å². The molecule has 0 amide bonds. The van der Waals surface area contributed by atoms with E-state index in [0.29, 0.717) is 0 Å². The number of nitrogens with zero attached hydrogens (tertiary/aromatic N) is 1. The number of hydrogen-bond acceptors (Lipinski definition) is 2. The molecule has 0 aliphatic carbocycles. The Bertz CT molecular complexity index is 1090. The van der Waals surface area contributed by atoms with E-state index in [1.54, 1.807) is 0 Å². The van der Waals surface area contributed by atoms with Gasteiger partial charge >= 0.3 is 0 Å². The Kier molecular flexibility index (Phi) is 4.51. The lowest BCUT2D eigenvalue weighted by Gasteiger charge is -2.23. The Hall–Kier alpha value is -3.33. The van der Waals surface area contributed by atoms with Gasteiger partial charge in [-0.25, -0.2) is 0 Å². The molecule has 2 N–H and O–H groups in total. The number of anilines is 1. The van der Waals surface area contributed by atoms with Crippen LogP contribution in [0.15, 0.2) is 79.6 Å². The molecule has 4 aromatic rings. The average molecular weight is 353 g/mol. The molecular formula is C24H23N3. The van der Waals surface area contributed by atoms with Crippen molar-refractivity contribution in [2.24, 2.45) is 0 Å². The molecule has 3 nitrogen and oxygen atoms in total. The summed E-state index contributed by atoms with van der Waals surface area (Å²) in [6.45, 7) is 8.56. The van der Waals surface area contributed by atoms with Gasteiger partial charge in [0.2, 0.25) is 0 Å². The molecule has 27 heavy (non-hydrogen) atoms. The SMILES string of the molecule is C=C(c1c[nH]c2ccccc12)C(Nc1cccc(C)c1)c1ccc(C)nc1. The van der Waals surface area contributed by atoms with Crippen molar-refractivity contribution in [1.29, 1.82) is 0 Å². The fourth-order valence-corrected chi connectivity index (χ4v) is 3.42. The molecular weight excluding hydrogens is 330 g/mol. The lowest BCUT2D eigenvalue weighted by molar-refractivity contribution is 0.983. The number of rotatable bonds is 5. The molecule has 0 aliphatic rings. The van der Waals surface area contributed by atoms with Gasteiger partial charge < -0.3 is 10.3 Å². The predicted molar refractivity (Wildman–Crippen MR) is 114 cm³/mol. The maximum absolute atomic E-state index is 4.50. The van der Waals surface area contributed by atoms with Crippen LogP contribution in [-0.2, 0) is 0 Å². The zero-order valence-electron chi connectivity index (χ0n) is 15.7. The van der Waals surface area contributed by atoms with Gasteiger partial charge in [-0.1, -0.05) is 43.0 Å². The number of fused-ring (bicyclic) bond motifs is 1. The Morgan fingerprint density at radius 1 is 1.04 bits per heavy atom. The van der Waals surface area contributed by atoms with Crippen LogP contribution in [0, 0.1) is 13.8 Å². The molecule has 1 unspecified atom stereocenters. The van der Waals surface area contributed by atoms with Crippen molar-refractivity contribution in [3.05, 3.63) is 102 Å². The van der Waals surface area contributed by atoms with Crippen LogP contribution in [0.1, 0.15) is 28.4 Å². The molecule has 2 aromatic carbocycles. The number of nitrogens with one attached hydrogen (secondary N) is 2. The summed E-state index contributed by atoms with van der Waals surface area (Å²) in [7, 11) is 0. The third-order valence-electron chi connectivity index (χ3n) is 4.88. The predicted octanol–water partition coefficient (Wildman–Crippen LogP) is 6.05. The first-order valence-corrected chi connectivity index (χ1v) is 9.13. The summed E-state index contributed by atoms with van der Waals surface area (Å²) >= 11 is 0. The molecule has 1 atom stereocenters. The van der Waals surface area contributed by atoms with Crippen molar-refractivity contribution >= 4 is 22.2 Å². The first kappa shape index (κ1) is 17.1. The van der Waals surface area contributed by atoms with Crippen molar-refractivity contribution in [3.8, 4) is 0 Å². The summed E-state index contributed by atoms with van der Waals surface area (Å²) in [5, 5.41) is 4.83. The highest BCUT2D eigenvalue weighted by atomic mass is 14.9. The molecule has 0 bridgehead atoms. The van der Waals surface area contributed by atoms with Gasteiger partial charge in [0.15, 0.2) is 0 Å². The number of H-pyrrole nitrogens is 1. The smallest absolute Gasteiger partial charge is 0.0783 e. The highest BCUT2D eigenvalue weighted by Gasteiger charge is 2.19. The number of benzene rings is 2. The topological polar surface area (TPSA) is 40.7 Å². The van der Waals surface area contributed by atoms with Gasteiger partial charge in [-0.15, -0.1) is 0 Å². The largest absolute Gasteiger partial charge is 0.374 e. The van der Waals surface area contributed by atoms with Crippen LogP contribution in [0.25, 0.3) is 16.5 Å². The number of aromatic nitrogens is 2. The molecule has 0 saturated heterocycles. The Balaban J connectivity index is 1.76. The van der Waals surface area contributed by atoms with Crippen molar-refractivity contribution < 1.29 is 0 Å². The molecule has 3 heteroatoms. The van der Waals surface area contributed by atoms with Gasteiger partial charge in [0.25, 0.3) is 0 Å². The van der Waals surface area contributed by atoms with E-state index in [4.69, 9.17) is 0 Å². The zero-order valence-corrected chi connectivity index (χ0v) is 15.7. The maximum atomic E-state index is 4.50. The van der Waals surface area contributed by atoms with Crippen LogP contribution >= 0.6 is 0 Å². The average Bonchev–Trinajstić information content (AvgIpc) is 3.11. The minimum atomic E-state index is -0.0703. The summed E-state index contributed by atoms with van der Waals surface area (Å²) in [5.74, 6) is 0. The van der Waals surface area contributed by atoms with E-state index in [0.717, 1.165) is 33.6 Å². The number of hydrogen-bond donors (Lipinski definition) is 2. The highest BCUT2D eigenvalue weighted by Crippen LogP contribution is 2.35. The Morgan fingerprint density at radius 3 is 2.67 bits per heavy atom. The van der Waals surface area contributed by atoms with Gasteiger partial charge in [-0.05, 0) is 54.8 Å². The van der Waals surface area contributed by atoms with Crippen LogP contribution in [0.2, 0.25) is 0 Å². The van der Waals surface area contributed by atoms with Crippen LogP contribution in [-0.4, -0.2) is 9.97 Å². The highest BCUT2D eigenvalue weighted by molar-refractivity contribution is 5.93. The fourth-order valence-electron chi connectivity index (χ4n) is 3.42. The normalized spacial score (nSPS) is 12.1. The molecule has 4 rings (SSSR count). The molecule has 134 valence electrons. The lowest BCUT2D eigenvalue weighted by atomic mass is 9.94. The first-order chi connectivity index (χ1) is 13.1. The van der Waals surface area contributed by atoms with Gasteiger partial charge in [0.05, 0.1) is 6.04 Å². The monoisotopic (exact) mass is 353 g/mol. The van der Waals surface area contributed by atoms with Crippen molar-refractivity contribution in [2.75, 3.05) is 5.32 Å². The Labute approximate surface area is 159 Å². The van der Waals surface area contributed by atoms with E-state index >= 15 is 0 Å². The van der Waals surface area contributed by atoms with E-state index in [2.05, 4.69) is 77.3 Å². The molecule has 0 spiro atoms. The van der Waals surface area contributed by atoms with Crippen LogP contribution in [0.3, 0.4) is 0 Å². The summed E-state index contributed by atoms with van der Waals surface area (Å²) in [6.07, 6.45) is 3.97. The van der Waals surface area contributed by atoms with Crippen LogP contribution in [0.4, 0.5) is 5.69 Å². The quantitative estimate of drug-likeness (QED) is 0.459. The van der Waals surface area contributed by atoms with Gasteiger partial charge in [0, 0.05) is 40.2 Å². The van der Waals surface area contributed by atoms with E-state index < -0.39 is 0 Å². The van der Waals surface area contributed by atoms with Crippen molar-refractivity contribution in [3.63, 3.8) is 0 Å². The second-order valence-electron chi connectivity index (χ2n) is 6.95. The summed E-state index contributed by atoms with van der Waals surface area (Å²) in [4.78, 5) is 7.85. The van der Waals surface area contributed by atoms with Gasteiger partial charge in [0.1, 0.15) is 0 Å². The molecule has 0 fully saturated rings. The van der Waals surface area contributed by atoms with Crippen LogP contribution in [0.5, 0.6) is 0 Å². The summed E-state index contributed by atoms with van der Waals surface area (Å²) in [6, 6.07) is 20.8.